The molecule has 2 aromatic rings. The average Bonchev–Trinajstić information content (AvgIpc) is 2.38. The van der Waals surface area contributed by atoms with Crippen molar-refractivity contribution in [1.82, 2.24) is 15.0 Å². The summed E-state index contributed by atoms with van der Waals surface area (Å²) in [5.74, 6) is 0.0744. The molecule has 0 aliphatic carbocycles. The van der Waals surface area contributed by atoms with Gasteiger partial charge >= 0.3 is 5.97 Å². The minimum absolute atomic E-state index is 0.189. The van der Waals surface area contributed by atoms with Crippen molar-refractivity contribution in [3.63, 3.8) is 0 Å². The average molecular weight is 245 g/mol. The summed E-state index contributed by atoms with van der Waals surface area (Å²) in [6, 6.07) is 5.22. The van der Waals surface area contributed by atoms with E-state index in [1.54, 1.807) is 30.6 Å². The van der Waals surface area contributed by atoms with Crippen molar-refractivity contribution in [2.24, 2.45) is 0 Å². The van der Waals surface area contributed by atoms with Crippen LogP contribution in [0.5, 0.6) is 0 Å². The molecular weight excluding hydrogens is 234 g/mol. The van der Waals surface area contributed by atoms with Crippen molar-refractivity contribution in [2.75, 3.05) is 17.2 Å². The van der Waals surface area contributed by atoms with E-state index in [-0.39, 0.29) is 6.54 Å². The third-order valence-electron chi connectivity index (χ3n) is 2.04. The molecule has 7 nitrogen and oxygen atoms in total. The van der Waals surface area contributed by atoms with Crippen LogP contribution < -0.4 is 10.6 Å². The van der Waals surface area contributed by atoms with Crippen LogP contribution >= 0.6 is 0 Å². The molecule has 0 aliphatic rings. The molecule has 0 atom stereocenters. The van der Waals surface area contributed by atoms with Gasteiger partial charge in [0.15, 0.2) is 0 Å². The molecule has 92 valence electrons. The van der Waals surface area contributed by atoms with Gasteiger partial charge in [0.2, 0.25) is 0 Å². The third kappa shape index (κ3) is 3.41. The van der Waals surface area contributed by atoms with Crippen molar-refractivity contribution < 1.29 is 9.90 Å². The summed E-state index contributed by atoms with van der Waals surface area (Å²) in [7, 11) is 0. The molecule has 2 rings (SSSR count). The van der Waals surface area contributed by atoms with Gasteiger partial charge in [-0.2, -0.15) is 0 Å². The van der Waals surface area contributed by atoms with Gasteiger partial charge in [0.25, 0.3) is 0 Å². The topological polar surface area (TPSA) is 100 Å². The van der Waals surface area contributed by atoms with Crippen molar-refractivity contribution in [1.29, 1.82) is 0 Å². The zero-order chi connectivity index (χ0) is 12.8. The van der Waals surface area contributed by atoms with E-state index < -0.39 is 5.97 Å². The molecule has 0 spiro atoms. The number of aliphatic carboxylic acids is 1. The second-order valence-electron chi connectivity index (χ2n) is 3.40. The Morgan fingerprint density at radius 3 is 2.67 bits per heavy atom. The monoisotopic (exact) mass is 245 g/mol. The number of carboxylic acid groups (broad SMARTS) is 1. The fourth-order valence-corrected chi connectivity index (χ4v) is 1.27. The van der Waals surface area contributed by atoms with E-state index in [1.165, 1.54) is 6.33 Å². The lowest BCUT2D eigenvalue weighted by molar-refractivity contribution is -0.134. The van der Waals surface area contributed by atoms with Crippen LogP contribution in [0.15, 0.2) is 36.9 Å². The molecule has 0 aromatic carbocycles. The SMILES string of the molecule is O=C(O)CNc1cc(Nc2ccncc2)ncn1. The number of nitrogens with one attached hydrogen (secondary N) is 2. The zero-order valence-electron chi connectivity index (χ0n) is 9.37. The van der Waals surface area contributed by atoms with Gasteiger partial charge in [-0.25, -0.2) is 9.97 Å². The number of hydrogen-bond acceptors (Lipinski definition) is 6. The third-order valence-corrected chi connectivity index (χ3v) is 2.04. The highest BCUT2D eigenvalue weighted by Gasteiger charge is 2.01. The van der Waals surface area contributed by atoms with Gasteiger partial charge in [-0.05, 0) is 12.1 Å². The number of anilines is 3. The Hall–Kier alpha value is -2.70. The van der Waals surface area contributed by atoms with Crippen LogP contribution in [0.1, 0.15) is 0 Å². The van der Waals surface area contributed by atoms with Gasteiger partial charge in [-0.15, -0.1) is 0 Å². The maximum absolute atomic E-state index is 10.4. The van der Waals surface area contributed by atoms with Crippen molar-refractivity contribution in [2.45, 2.75) is 0 Å². The smallest absolute Gasteiger partial charge is 0.322 e. The summed E-state index contributed by atoms with van der Waals surface area (Å²) < 4.78 is 0. The molecule has 3 N–H and O–H groups in total. The summed E-state index contributed by atoms with van der Waals surface area (Å²) in [4.78, 5) is 22.3. The minimum atomic E-state index is -0.947. The fraction of sp³-hybridized carbons (Fsp3) is 0.0909. The number of carbonyl (C=O) groups is 1. The molecule has 0 bridgehead atoms. The summed E-state index contributed by atoms with van der Waals surface area (Å²) in [6.45, 7) is -0.189. The minimum Gasteiger partial charge on any atom is -0.480 e. The van der Waals surface area contributed by atoms with Gasteiger partial charge in [0, 0.05) is 24.1 Å². The lowest BCUT2D eigenvalue weighted by Crippen LogP contribution is -2.13. The predicted octanol–water partition coefficient (Wildman–Crippen LogP) is 1.11. The molecule has 0 saturated heterocycles. The molecule has 7 heteroatoms. The van der Waals surface area contributed by atoms with E-state index >= 15 is 0 Å². The zero-order valence-corrected chi connectivity index (χ0v) is 9.37. The van der Waals surface area contributed by atoms with E-state index in [9.17, 15) is 4.79 Å². The highest BCUT2D eigenvalue weighted by atomic mass is 16.4. The molecule has 2 heterocycles. The Morgan fingerprint density at radius 2 is 1.94 bits per heavy atom. The van der Waals surface area contributed by atoms with Crippen LogP contribution in [0.3, 0.4) is 0 Å². The molecule has 0 radical (unpaired) electrons. The van der Waals surface area contributed by atoms with Crippen LogP contribution in [-0.2, 0) is 4.79 Å². The quantitative estimate of drug-likeness (QED) is 0.725. The van der Waals surface area contributed by atoms with E-state index in [0.717, 1.165) is 5.69 Å². The maximum atomic E-state index is 10.4. The van der Waals surface area contributed by atoms with Crippen molar-refractivity contribution >= 4 is 23.3 Å². The van der Waals surface area contributed by atoms with E-state index in [1.807, 2.05) is 0 Å². The van der Waals surface area contributed by atoms with E-state index in [0.29, 0.717) is 11.6 Å². The first-order valence-electron chi connectivity index (χ1n) is 5.19. The molecular formula is C11H11N5O2. The summed E-state index contributed by atoms with van der Waals surface area (Å²) in [5.41, 5.74) is 0.841. The molecule has 2 aromatic heterocycles. The Bertz CT molecular complexity index is 532. The van der Waals surface area contributed by atoms with Crippen LogP contribution in [0.25, 0.3) is 0 Å². The Kier molecular flexibility index (Phi) is 3.65. The number of aromatic nitrogens is 3. The van der Waals surface area contributed by atoms with E-state index in [2.05, 4.69) is 25.6 Å². The summed E-state index contributed by atoms with van der Waals surface area (Å²) in [5, 5.41) is 14.3. The number of nitrogens with zero attached hydrogens (tertiary/aromatic N) is 3. The van der Waals surface area contributed by atoms with E-state index in [4.69, 9.17) is 5.11 Å². The number of hydrogen-bond donors (Lipinski definition) is 3. The lowest BCUT2D eigenvalue weighted by atomic mass is 10.4. The number of carboxylic acids is 1. The standard InChI is InChI=1S/C11H11N5O2/c17-11(18)6-13-9-5-10(15-7-14-9)16-8-1-3-12-4-2-8/h1-5,7H,6H2,(H,17,18)(H2,12,13,14,15,16). The van der Waals surface area contributed by atoms with Gasteiger partial charge < -0.3 is 15.7 Å². The Labute approximate surface area is 103 Å². The lowest BCUT2D eigenvalue weighted by Gasteiger charge is -2.07. The van der Waals surface area contributed by atoms with Crippen LogP contribution in [-0.4, -0.2) is 32.6 Å². The Balaban J connectivity index is 2.05. The fourth-order valence-electron chi connectivity index (χ4n) is 1.27. The molecule has 0 unspecified atom stereocenters. The molecule has 0 fully saturated rings. The highest BCUT2D eigenvalue weighted by molar-refractivity contribution is 5.72. The number of rotatable bonds is 5. The maximum Gasteiger partial charge on any atom is 0.322 e. The van der Waals surface area contributed by atoms with Gasteiger partial charge in [0.1, 0.15) is 24.5 Å². The first-order chi connectivity index (χ1) is 8.74. The molecule has 0 aliphatic heterocycles. The summed E-state index contributed by atoms with van der Waals surface area (Å²) >= 11 is 0. The normalized spacial score (nSPS) is 9.78. The van der Waals surface area contributed by atoms with Gasteiger partial charge in [-0.1, -0.05) is 0 Å². The first kappa shape index (κ1) is 11.8. The van der Waals surface area contributed by atoms with Crippen molar-refractivity contribution in [3.05, 3.63) is 36.9 Å². The predicted molar refractivity (Wildman–Crippen MR) is 65.7 cm³/mol. The van der Waals surface area contributed by atoms with Crippen LogP contribution in [0.4, 0.5) is 17.3 Å². The van der Waals surface area contributed by atoms with Gasteiger partial charge in [-0.3, -0.25) is 9.78 Å². The molecule has 0 amide bonds. The van der Waals surface area contributed by atoms with Crippen LogP contribution in [0.2, 0.25) is 0 Å². The summed E-state index contributed by atoms with van der Waals surface area (Å²) in [6.07, 6.45) is 4.67. The first-order valence-corrected chi connectivity index (χ1v) is 5.19. The second kappa shape index (κ2) is 5.58. The largest absolute Gasteiger partial charge is 0.480 e. The second-order valence-corrected chi connectivity index (χ2v) is 3.40. The highest BCUT2D eigenvalue weighted by Crippen LogP contribution is 2.14. The number of pyridine rings is 1. The van der Waals surface area contributed by atoms with Crippen LogP contribution in [0, 0.1) is 0 Å². The van der Waals surface area contributed by atoms with Crippen molar-refractivity contribution in [3.8, 4) is 0 Å². The Morgan fingerprint density at radius 1 is 1.22 bits per heavy atom. The molecule has 18 heavy (non-hydrogen) atoms. The van der Waals surface area contributed by atoms with Gasteiger partial charge in [0.05, 0.1) is 0 Å². The molecule has 0 saturated carbocycles.